The number of nitrogens with zero attached hydrogens (tertiary/aromatic N) is 2. The van der Waals surface area contributed by atoms with Gasteiger partial charge in [0.15, 0.2) is 0 Å². The van der Waals surface area contributed by atoms with Gasteiger partial charge in [-0.25, -0.2) is 8.78 Å². The number of hydrogen-bond acceptors (Lipinski definition) is 3. The molecule has 0 bridgehead atoms. The van der Waals surface area contributed by atoms with E-state index in [-0.39, 0.29) is 12.0 Å². The van der Waals surface area contributed by atoms with Gasteiger partial charge in [-0.05, 0) is 25.1 Å². The smallest absolute Gasteiger partial charge is 0.129 e. The van der Waals surface area contributed by atoms with E-state index in [0.717, 1.165) is 11.4 Å². The summed E-state index contributed by atoms with van der Waals surface area (Å²) in [6, 6.07) is 5.25. The van der Waals surface area contributed by atoms with Crippen LogP contribution in [0.25, 0.3) is 0 Å². The summed E-state index contributed by atoms with van der Waals surface area (Å²) < 4.78 is 28.9. The Balaban J connectivity index is 2.32. The second kappa shape index (κ2) is 5.46. The van der Waals surface area contributed by atoms with Crippen molar-refractivity contribution >= 4 is 0 Å². The number of hydrogen-bond donors (Lipinski definition) is 2. The molecule has 0 fully saturated rings. The van der Waals surface area contributed by atoms with Crippen molar-refractivity contribution < 1.29 is 8.78 Å². The molecule has 1 atom stereocenters. The van der Waals surface area contributed by atoms with Crippen LogP contribution in [0.5, 0.6) is 0 Å². The first kappa shape index (κ1) is 13.6. The number of hydrazine groups is 1. The Labute approximate surface area is 110 Å². The second-order valence-electron chi connectivity index (χ2n) is 4.46. The van der Waals surface area contributed by atoms with Crippen molar-refractivity contribution in [3.8, 4) is 0 Å². The maximum absolute atomic E-state index is 13.6. The zero-order valence-corrected chi connectivity index (χ0v) is 10.8. The van der Waals surface area contributed by atoms with Crippen LogP contribution in [0.15, 0.2) is 24.3 Å². The van der Waals surface area contributed by atoms with Crippen LogP contribution in [0.3, 0.4) is 0 Å². The third kappa shape index (κ3) is 2.80. The first-order chi connectivity index (χ1) is 9.02. The fraction of sp³-hybridized carbons (Fsp3) is 0.308. The molecule has 2 aromatic rings. The van der Waals surface area contributed by atoms with Gasteiger partial charge in [0, 0.05) is 19.0 Å². The molecule has 2 rings (SSSR count). The molecule has 0 spiro atoms. The van der Waals surface area contributed by atoms with Crippen molar-refractivity contribution in [3.05, 3.63) is 52.9 Å². The van der Waals surface area contributed by atoms with Gasteiger partial charge in [0.25, 0.3) is 0 Å². The average Bonchev–Trinajstić information content (AvgIpc) is 2.68. The number of halogens is 2. The number of aromatic nitrogens is 2. The number of rotatable bonds is 4. The molecule has 0 aliphatic rings. The predicted octanol–water partition coefficient (Wildman–Crippen LogP) is 1.75. The maximum atomic E-state index is 13.6. The molecule has 0 aliphatic carbocycles. The highest BCUT2D eigenvalue weighted by molar-refractivity contribution is 5.23. The molecule has 0 saturated heterocycles. The van der Waals surface area contributed by atoms with Crippen LogP contribution in [0.4, 0.5) is 8.78 Å². The van der Waals surface area contributed by atoms with Crippen LogP contribution >= 0.6 is 0 Å². The van der Waals surface area contributed by atoms with Crippen molar-refractivity contribution in [1.82, 2.24) is 15.2 Å². The quantitative estimate of drug-likeness (QED) is 0.655. The summed E-state index contributed by atoms with van der Waals surface area (Å²) in [5.41, 5.74) is 4.21. The fourth-order valence-corrected chi connectivity index (χ4v) is 2.14. The Hall–Kier alpha value is -1.79. The lowest BCUT2D eigenvalue weighted by Gasteiger charge is -2.17. The van der Waals surface area contributed by atoms with Gasteiger partial charge >= 0.3 is 0 Å². The topological polar surface area (TPSA) is 55.9 Å². The molecule has 1 aromatic heterocycles. The van der Waals surface area contributed by atoms with E-state index in [4.69, 9.17) is 5.84 Å². The van der Waals surface area contributed by atoms with Crippen molar-refractivity contribution in [2.24, 2.45) is 12.9 Å². The van der Waals surface area contributed by atoms with Gasteiger partial charge in [0.1, 0.15) is 11.6 Å². The Kier molecular flexibility index (Phi) is 3.92. The summed E-state index contributed by atoms with van der Waals surface area (Å²) in [7, 11) is 1.77. The normalized spacial score (nSPS) is 12.7. The molecule has 3 N–H and O–H groups in total. The van der Waals surface area contributed by atoms with E-state index in [1.807, 2.05) is 13.0 Å². The molecule has 1 heterocycles. The van der Waals surface area contributed by atoms with Crippen LogP contribution in [-0.4, -0.2) is 9.78 Å². The van der Waals surface area contributed by atoms with Crippen LogP contribution in [0.2, 0.25) is 0 Å². The van der Waals surface area contributed by atoms with E-state index < -0.39 is 17.7 Å². The third-order valence-corrected chi connectivity index (χ3v) is 3.07. The van der Waals surface area contributed by atoms with Gasteiger partial charge in [-0.1, -0.05) is 6.07 Å². The van der Waals surface area contributed by atoms with Gasteiger partial charge in [0.2, 0.25) is 0 Å². The van der Waals surface area contributed by atoms with Crippen molar-refractivity contribution in [3.63, 3.8) is 0 Å². The summed E-state index contributed by atoms with van der Waals surface area (Å²) in [6.07, 6.45) is 0.119. The molecular formula is C13H16F2N4. The van der Waals surface area contributed by atoms with Crippen LogP contribution in [-0.2, 0) is 13.5 Å². The molecule has 19 heavy (non-hydrogen) atoms. The summed E-state index contributed by atoms with van der Waals surface area (Å²) in [4.78, 5) is 0. The van der Waals surface area contributed by atoms with E-state index >= 15 is 0 Å². The SMILES string of the molecule is Cc1cc(C(Cc2c(F)cccc2F)NN)n(C)n1. The first-order valence-corrected chi connectivity index (χ1v) is 5.92. The van der Waals surface area contributed by atoms with E-state index in [1.54, 1.807) is 11.7 Å². The Morgan fingerprint density at radius 1 is 1.37 bits per heavy atom. The summed E-state index contributed by atoms with van der Waals surface area (Å²) in [5, 5.41) is 4.20. The standard InChI is InChI=1S/C13H16F2N4/c1-8-6-13(19(2)18-8)12(17-16)7-9-10(14)4-3-5-11(9)15/h3-6,12,17H,7,16H2,1-2H3. The highest BCUT2D eigenvalue weighted by Crippen LogP contribution is 2.22. The molecular weight excluding hydrogens is 250 g/mol. The second-order valence-corrected chi connectivity index (χ2v) is 4.46. The van der Waals surface area contributed by atoms with Crippen LogP contribution in [0.1, 0.15) is 23.0 Å². The minimum Gasteiger partial charge on any atom is -0.271 e. The molecule has 1 aromatic carbocycles. The van der Waals surface area contributed by atoms with Crippen molar-refractivity contribution in [2.75, 3.05) is 0 Å². The summed E-state index contributed by atoms with van der Waals surface area (Å²) in [5.74, 6) is 4.35. The third-order valence-electron chi connectivity index (χ3n) is 3.07. The first-order valence-electron chi connectivity index (χ1n) is 5.92. The van der Waals surface area contributed by atoms with E-state index in [9.17, 15) is 8.78 Å². The lowest BCUT2D eigenvalue weighted by atomic mass is 10.0. The molecule has 0 saturated carbocycles. The minimum absolute atomic E-state index is 0.0179. The molecule has 0 amide bonds. The fourth-order valence-electron chi connectivity index (χ4n) is 2.14. The van der Waals surface area contributed by atoms with E-state index in [0.29, 0.717) is 0 Å². The van der Waals surface area contributed by atoms with Crippen LogP contribution < -0.4 is 11.3 Å². The average molecular weight is 266 g/mol. The largest absolute Gasteiger partial charge is 0.271 e. The van der Waals surface area contributed by atoms with Gasteiger partial charge in [0.05, 0.1) is 17.4 Å². The lowest BCUT2D eigenvalue weighted by Crippen LogP contribution is -2.31. The molecule has 4 nitrogen and oxygen atoms in total. The molecule has 1 unspecified atom stereocenters. The highest BCUT2D eigenvalue weighted by atomic mass is 19.1. The maximum Gasteiger partial charge on any atom is 0.129 e. The van der Waals surface area contributed by atoms with Gasteiger partial charge in [-0.3, -0.25) is 16.0 Å². The zero-order chi connectivity index (χ0) is 14.0. The zero-order valence-electron chi connectivity index (χ0n) is 10.8. The van der Waals surface area contributed by atoms with E-state index in [2.05, 4.69) is 10.5 Å². The monoisotopic (exact) mass is 266 g/mol. The van der Waals surface area contributed by atoms with Gasteiger partial charge in [-0.15, -0.1) is 0 Å². The molecule has 102 valence electrons. The minimum atomic E-state index is -0.570. The lowest BCUT2D eigenvalue weighted by molar-refractivity contribution is 0.476. The van der Waals surface area contributed by atoms with Gasteiger partial charge < -0.3 is 0 Å². The number of nitrogens with two attached hydrogens (primary N) is 1. The van der Waals surface area contributed by atoms with E-state index in [1.165, 1.54) is 18.2 Å². The highest BCUT2D eigenvalue weighted by Gasteiger charge is 2.19. The Morgan fingerprint density at radius 3 is 2.47 bits per heavy atom. The Morgan fingerprint density at radius 2 is 2.00 bits per heavy atom. The van der Waals surface area contributed by atoms with Crippen LogP contribution in [0, 0.1) is 18.6 Å². The predicted molar refractivity (Wildman–Crippen MR) is 68.1 cm³/mol. The molecule has 0 radical (unpaired) electrons. The summed E-state index contributed by atoms with van der Waals surface area (Å²) >= 11 is 0. The number of benzene rings is 1. The van der Waals surface area contributed by atoms with Crippen molar-refractivity contribution in [2.45, 2.75) is 19.4 Å². The van der Waals surface area contributed by atoms with Crippen molar-refractivity contribution in [1.29, 1.82) is 0 Å². The van der Waals surface area contributed by atoms with Gasteiger partial charge in [-0.2, -0.15) is 5.10 Å². The molecule has 0 aliphatic heterocycles. The summed E-state index contributed by atoms with van der Waals surface area (Å²) in [6.45, 7) is 1.85. The molecule has 6 heteroatoms. The number of nitrogens with one attached hydrogen (secondary N) is 1. The Bertz CT molecular complexity index is 560. The number of aryl methyl sites for hydroxylation is 2.